The van der Waals surface area contributed by atoms with Gasteiger partial charge in [0.1, 0.15) is 0 Å². The maximum atomic E-state index is 11.8. The number of nitrogens with two attached hydrogens (primary N) is 1. The van der Waals surface area contributed by atoms with E-state index in [0.717, 1.165) is 0 Å². The van der Waals surface area contributed by atoms with E-state index in [9.17, 15) is 8.42 Å². The molecule has 3 N–H and O–H groups in total. The lowest BCUT2D eigenvalue weighted by Gasteiger charge is -2.15. The minimum absolute atomic E-state index is 0.138. The van der Waals surface area contributed by atoms with Gasteiger partial charge in [-0.25, -0.2) is 8.42 Å². The Bertz CT molecular complexity index is 385. The van der Waals surface area contributed by atoms with Gasteiger partial charge in [0.05, 0.1) is 5.25 Å². The molecule has 0 aliphatic heterocycles. The van der Waals surface area contributed by atoms with E-state index >= 15 is 0 Å². The van der Waals surface area contributed by atoms with Gasteiger partial charge in [-0.15, -0.1) is 0 Å². The summed E-state index contributed by atoms with van der Waals surface area (Å²) in [6.45, 7) is 1.94. The zero-order valence-electron chi connectivity index (χ0n) is 8.68. The monoisotopic (exact) mass is 228 g/mol. The Morgan fingerprint density at radius 2 is 1.93 bits per heavy atom. The van der Waals surface area contributed by atoms with E-state index in [1.54, 1.807) is 24.3 Å². The normalized spacial score (nSPS) is 13.5. The molecule has 0 bridgehead atoms. The van der Waals surface area contributed by atoms with Gasteiger partial charge in [0, 0.05) is 12.2 Å². The van der Waals surface area contributed by atoms with Crippen LogP contribution in [0, 0.1) is 0 Å². The van der Waals surface area contributed by atoms with Gasteiger partial charge in [-0.3, -0.25) is 4.72 Å². The molecule has 15 heavy (non-hydrogen) atoms. The molecule has 1 aromatic rings. The predicted octanol–water partition coefficient (Wildman–Crippen LogP) is 1.17. The summed E-state index contributed by atoms with van der Waals surface area (Å²) in [5, 5.41) is -0.530. The lowest BCUT2D eigenvalue weighted by molar-refractivity contribution is 0.581. The highest BCUT2D eigenvalue weighted by Gasteiger charge is 2.21. The van der Waals surface area contributed by atoms with Gasteiger partial charge in [0.25, 0.3) is 0 Å². The Hall–Kier alpha value is -1.07. The van der Waals surface area contributed by atoms with Crippen LogP contribution in [0.4, 0.5) is 5.69 Å². The van der Waals surface area contributed by atoms with E-state index in [2.05, 4.69) is 4.72 Å². The summed E-state index contributed by atoms with van der Waals surface area (Å²) >= 11 is 0. The minimum atomic E-state index is -3.35. The number of sulfonamides is 1. The van der Waals surface area contributed by atoms with Gasteiger partial charge in [0.2, 0.25) is 10.0 Å². The molecule has 1 rings (SSSR count). The van der Waals surface area contributed by atoms with Crippen LogP contribution in [0.25, 0.3) is 0 Å². The lowest BCUT2D eigenvalue weighted by Crippen LogP contribution is -2.33. The molecule has 0 saturated carbocycles. The van der Waals surface area contributed by atoms with E-state index < -0.39 is 15.3 Å². The zero-order valence-corrected chi connectivity index (χ0v) is 9.50. The number of benzene rings is 1. The Morgan fingerprint density at radius 1 is 1.33 bits per heavy atom. The molecule has 1 unspecified atom stereocenters. The third kappa shape index (κ3) is 3.21. The van der Waals surface area contributed by atoms with Crippen molar-refractivity contribution in [1.29, 1.82) is 0 Å². The van der Waals surface area contributed by atoms with Crippen molar-refractivity contribution in [1.82, 2.24) is 0 Å². The summed E-state index contributed by atoms with van der Waals surface area (Å²) < 4.78 is 26.1. The number of para-hydroxylation sites is 1. The van der Waals surface area contributed by atoms with E-state index in [0.29, 0.717) is 12.1 Å². The minimum Gasteiger partial charge on any atom is -0.329 e. The van der Waals surface area contributed by atoms with Crippen LogP contribution in [0.5, 0.6) is 0 Å². The first-order valence-corrected chi connectivity index (χ1v) is 6.41. The Morgan fingerprint density at radius 3 is 2.40 bits per heavy atom. The van der Waals surface area contributed by atoms with Crippen molar-refractivity contribution < 1.29 is 8.42 Å². The van der Waals surface area contributed by atoms with Crippen LogP contribution in [0.3, 0.4) is 0 Å². The van der Waals surface area contributed by atoms with Crippen LogP contribution >= 0.6 is 0 Å². The number of hydrogen-bond donors (Lipinski definition) is 2. The van der Waals surface area contributed by atoms with Crippen molar-refractivity contribution in [3.63, 3.8) is 0 Å². The third-order valence-electron chi connectivity index (χ3n) is 2.19. The number of hydrogen-bond acceptors (Lipinski definition) is 3. The van der Waals surface area contributed by atoms with Crippen molar-refractivity contribution >= 4 is 15.7 Å². The second-order valence-corrected chi connectivity index (χ2v) is 5.24. The number of rotatable bonds is 5. The Labute approximate surface area is 90.5 Å². The molecule has 1 aromatic carbocycles. The largest absolute Gasteiger partial charge is 0.329 e. The molecule has 0 fully saturated rings. The Kier molecular flexibility index (Phi) is 4.11. The molecule has 5 heteroatoms. The van der Waals surface area contributed by atoms with E-state index in [1.165, 1.54) is 0 Å². The van der Waals surface area contributed by atoms with Crippen LogP contribution in [0.2, 0.25) is 0 Å². The van der Waals surface area contributed by atoms with E-state index in [4.69, 9.17) is 5.73 Å². The average molecular weight is 228 g/mol. The molecule has 0 spiro atoms. The summed E-state index contributed by atoms with van der Waals surface area (Å²) in [5.41, 5.74) is 5.98. The highest BCUT2D eigenvalue weighted by atomic mass is 32.2. The molecule has 0 aromatic heterocycles. The van der Waals surface area contributed by atoms with Crippen LogP contribution in [0.15, 0.2) is 30.3 Å². The zero-order chi connectivity index (χ0) is 11.3. The van der Waals surface area contributed by atoms with Gasteiger partial charge in [-0.1, -0.05) is 25.1 Å². The summed E-state index contributed by atoms with van der Waals surface area (Å²) in [7, 11) is -3.35. The molecule has 0 radical (unpaired) electrons. The smallest absolute Gasteiger partial charge is 0.236 e. The van der Waals surface area contributed by atoms with E-state index in [1.807, 2.05) is 13.0 Å². The molecule has 0 saturated heterocycles. The first kappa shape index (κ1) is 12.0. The fourth-order valence-corrected chi connectivity index (χ4v) is 2.59. The molecular formula is C10H16N2O2S. The van der Waals surface area contributed by atoms with Crippen LogP contribution in [0.1, 0.15) is 13.3 Å². The molecule has 0 heterocycles. The van der Waals surface area contributed by atoms with Crippen molar-refractivity contribution in [3.05, 3.63) is 30.3 Å². The molecule has 4 nitrogen and oxygen atoms in total. The van der Waals surface area contributed by atoms with Crippen molar-refractivity contribution in [3.8, 4) is 0 Å². The van der Waals surface area contributed by atoms with Gasteiger partial charge in [0.15, 0.2) is 0 Å². The Balaban J connectivity index is 2.81. The lowest BCUT2D eigenvalue weighted by atomic mass is 10.3. The molecule has 0 amide bonds. The maximum absolute atomic E-state index is 11.8. The fraction of sp³-hybridized carbons (Fsp3) is 0.400. The summed E-state index contributed by atoms with van der Waals surface area (Å²) in [5.74, 6) is 0. The van der Waals surface area contributed by atoms with Crippen molar-refractivity contribution in [2.45, 2.75) is 18.6 Å². The number of anilines is 1. The SMILES string of the molecule is CCC(CN)S(=O)(=O)Nc1ccccc1. The summed E-state index contributed by atoms with van der Waals surface area (Å²) in [4.78, 5) is 0. The first-order chi connectivity index (χ1) is 7.10. The highest BCUT2D eigenvalue weighted by Crippen LogP contribution is 2.12. The average Bonchev–Trinajstić information content (AvgIpc) is 2.19. The van der Waals surface area contributed by atoms with Gasteiger partial charge in [-0.2, -0.15) is 0 Å². The summed E-state index contributed by atoms with van der Waals surface area (Å²) in [6.07, 6.45) is 0.513. The van der Waals surface area contributed by atoms with Crippen LogP contribution in [-0.2, 0) is 10.0 Å². The predicted molar refractivity (Wildman–Crippen MR) is 62.1 cm³/mol. The molecule has 0 aliphatic rings. The quantitative estimate of drug-likeness (QED) is 0.794. The maximum Gasteiger partial charge on any atom is 0.236 e. The van der Waals surface area contributed by atoms with Gasteiger partial charge in [-0.05, 0) is 18.6 Å². The second kappa shape index (κ2) is 5.14. The second-order valence-electron chi connectivity index (χ2n) is 3.28. The fourth-order valence-electron chi connectivity index (χ4n) is 1.27. The molecule has 0 aliphatic carbocycles. The topological polar surface area (TPSA) is 72.2 Å². The highest BCUT2D eigenvalue weighted by molar-refractivity contribution is 7.93. The third-order valence-corrected chi connectivity index (χ3v) is 4.11. The number of nitrogens with one attached hydrogen (secondary N) is 1. The van der Waals surface area contributed by atoms with Crippen LogP contribution in [-0.4, -0.2) is 20.2 Å². The molecule has 1 atom stereocenters. The van der Waals surface area contributed by atoms with Crippen LogP contribution < -0.4 is 10.5 Å². The van der Waals surface area contributed by atoms with Gasteiger partial charge >= 0.3 is 0 Å². The standard InChI is InChI=1S/C10H16N2O2S/c1-2-10(8-11)15(13,14)12-9-6-4-3-5-7-9/h3-7,10,12H,2,8,11H2,1H3. The summed E-state index contributed by atoms with van der Waals surface area (Å²) in [6, 6.07) is 8.81. The van der Waals surface area contributed by atoms with E-state index in [-0.39, 0.29) is 6.54 Å². The molecular weight excluding hydrogens is 212 g/mol. The van der Waals surface area contributed by atoms with Crippen molar-refractivity contribution in [2.75, 3.05) is 11.3 Å². The first-order valence-electron chi connectivity index (χ1n) is 4.87. The van der Waals surface area contributed by atoms with Crippen molar-refractivity contribution in [2.24, 2.45) is 5.73 Å². The van der Waals surface area contributed by atoms with Gasteiger partial charge < -0.3 is 5.73 Å². The molecule has 84 valence electrons.